The highest BCUT2D eigenvalue weighted by atomic mass is 35.5. The Hall–Kier alpha value is -2.14. The zero-order valence-electron chi connectivity index (χ0n) is 15.4. The quantitative estimate of drug-likeness (QED) is 0.632. The Balaban J connectivity index is 1.69. The van der Waals surface area contributed by atoms with E-state index in [4.69, 9.17) is 21.6 Å². The third-order valence-electron chi connectivity index (χ3n) is 5.88. The van der Waals surface area contributed by atoms with Gasteiger partial charge >= 0.3 is 0 Å². The summed E-state index contributed by atoms with van der Waals surface area (Å²) in [5, 5.41) is 6.36. The third kappa shape index (κ3) is 3.08. The molecule has 5 nitrogen and oxygen atoms in total. The summed E-state index contributed by atoms with van der Waals surface area (Å²) in [6.45, 7) is 2.13. The van der Waals surface area contributed by atoms with Gasteiger partial charge in [-0.3, -0.25) is 0 Å². The van der Waals surface area contributed by atoms with E-state index in [-0.39, 0.29) is 0 Å². The minimum absolute atomic E-state index is 0.457. The lowest BCUT2D eigenvalue weighted by molar-refractivity contribution is 0.429. The molecule has 1 aliphatic carbocycles. The van der Waals surface area contributed by atoms with Gasteiger partial charge < -0.3 is 4.90 Å². The van der Waals surface area contributed by atoms with Crippen LogP contribution in [0.4, 0.5) is 5.82 Å². The fourth-order valence-electron chi connectivity index (χ4n) is 4.42. The normalized spacial score (nSPS) is 18.5. The Bertz CT molecular complexity index is 954. The molecule has 1 aliphatic heterocycles. The first-order chi connectivity index (χ1) is 13.3. The molecule has 2 fully saturated rings. The van der Waals surface area contributed by atoms with Crippen molar-refractivity contribution in [1.29, 1.82) is 0 Å². The fourth-order valence-corrected chi connectivity index (χ4v) is 4.64. The Morgan fingerprint density at radius 1 is 0.926 bits per heavy atom. The van der Waals surface area contributed by atoms with E-state index < -0.39 is 0 Å². The van der Waals surface area contributed by atoms with Gasteiger partial charge in [0.1, 0.15) is 11.6 Å². The van der Waals surface area contributed by atoms with Gasteiger partial charge in [-0.05, 0) is 37.8 Å². The zero-order chi connectivity index (χ0) is 18.2. The number of anilines is 1. The van der Waals surface area contributed by atoms with E-state index in [0.29, 0.717) is 10.9 Å². The molecule has 1 saturated carbocycles. The van der Waals surface area contributed by atoms with Crippen LogP contribution in [-0.2, 0) is 0 Å². The van der Waals surface area contributed by atoms with Crippen molar-refractivity contribution in [1.82, 2.24) is 19.7 Å². The number of hydrogen-bond acceptors (Lipinski definition) is 4. The van der Waals surface area contributed by atoms with Crippen molar-refractivity contribution in [3.8, 4) is 5.69 Å². The molecule has 0 radical (unpaired) electrons. The number of halogens is 1. The van der Waals surface area contributed by atoms with E-state index in [2.05, 4.69) is 10.00 Å². The predicted octanol–water partition coefficient (Wildman–Crippen LogP) is 5.12. The second kappa shape index (κ2) is 7.12. The van der Waals surface area contributed by atoms with Crippen LogP contribution in [-0.4, -0.2) is 32.8 Å². The lowest BCUT2D eigenvalue weighted by Crippen LogP contribution is -2.21. The molecular formula is C21H24ClN5. The fraction of sp³-hybridized carbons (Fsp3) is 0.476. The van der Waals surface area contributed by atoms with Crippen LogP contribution in [0.15, 0.2) is 30.5 Å². The minimum atomic E-state index is 0.457. The molecule has 0 atom stereocenters. The Morgan fingerprint density at radius 3 is 2.48 bits per heavy atom. The first kappa shape index (κ1) is 17.0. The molecule has 0 N–H and O–H groups in total. The van der Waals surface area contributed by atoms with Crippen LogP contribution in [0.3, 0.4) is 0 Å². The van der Waals surface area contributed by atoms with E-state index in [9.17, 15) is 0 Å². The number of fused-ring (bicyclic) bond motifs is 1. The summed E-state index contributed by atoms with van der Waals surface area (Å²) in [4.78, 5) is 12.5. The molecule has 6 heteroatoms. The number of benzene rings is 1. The number of para-hydroxylation sites is 1. The van der Waals surface area contributed by atoms with Gasteiger partial charge in [-0.2, -0.15) is 5.10 Å². The van der Waals surface area contributed by atoms with Crippen molar-refractivity contribution < 1.29 is 0 Å². The van der Waals surface area contributed by atoms with E-state index in [0.717, 1.165) is 41.5 Å². The van der Waals surface area contributed by atoms with Crippen molar-refractivity contribution >= 4 is 28.5 Å². The summed E-state index contributed by atoms with van der Waals surface area (Å²) in [5.74, 6) is 2.49. The first-order valence-electron chi connectivity index (χ1n) is 10.1. The summed E-state index contributed by atoms with van der Waals surface area (Å²) >= 11 is 6.46. The second-order valence-electron chi connectivity index (χ2n) is 7.68. The monoisotopic (exact) mass is 381 g/mol. The van der Waals surface area contributed by atoms with Gasteiger partial charge in [-0.25, -0.2) is 14.6 Å². The van der Waals surface area contributed by atoms with Gasteiger partial charge in [0.05, 0.1) is 22.3 Å². The maximum absolute atomic E-state index is 6.46. The van der Waals surface area contributed by atoms with E-state index in [1.54, 1.807) is 0 Å². The minimum Gasteiger partial charge on any atom is -0.356 e. The number of hydrogen-bond donors (Lipinski definition) is 0. The molecule has 2 aliphatic rings. The molecule has 0 bridgehead atoms. The third-order valence-corrected chi connectivity index (χ3v) is 6.20. The van der Waals surface area contributed by atoms with Gasteiger partial charge in [0, 0.05) is 19.0 Å². The summed E-state index contributed by atoms with van der Waals surface area (Å²) in [6, 6.07) is 7.82. The highest BCUT2D eigenvalue weighted by molar-refractivity contribution is 6.32. The van der Waals surface area contributed by atoms with Crippen molar-refractivity contribution in [2.75, 3.05) is 18.0 Å². The molecule has 0 amide bonds. The molecule has 1 aromatic carbocycles. The van der Waals surface area contributed by atoms with Gasteiger partial charge in [-0.15, -0.1) is 0 Å². The lowest BCUT2D eigenvalue weighted by Gasteiger charge is -2.23. The SMILES string of the molecule is Clc1ccccc1-n1ncc2c(N3CCCC3)nc(C3CCCCC3)nc21. The van der Waals surface area contributed by atoms with Crippen molar-refractivity contribution in [3.63, 3.8) is 0 Å². The van der Waals surface area contributed by atoms with Crippen molar-refractivity contribution in [2.45, 2.75) is 50.9 Å². The highest BCUT2D eigenvalue weighted by Crippen LogP contribution is 2.35. The van der Waals surface area contributed by atoms with Gasteiger partial charge in [0.15, 0.2) is 5.65 Å². The molecule has 3 heterocycles. The average molecular weight is 382 g/mol. The molecule has 140 valence electrons. The van der Waals surface area contributed by atoms with Crippen molar-refractivity contribution in [3.05, 3.63) is 41.3 Å². The summed E-state index contributed by atoms with van der Waals surface area (Å²) in [7, 11) is 0. The topological polar surface area (TPSA) is 46.8 Å². The Morgan fingerprint density at radius 2 is 1.70 bits per heavy atom. The van der Waals surface area contributed by atoms with E-state index in [1.165, 1.54) is 44.9 Å². The standard InChI is InChI=1S/C21H24ClN5/c22-17-10-4-5-11-18(17)27-21-16(14-23-27)20(26-12-6-7-13-26)24-19(25-21)15-8-2-1-3-9-15/h4-5,10-11,14-15H,1-3,6-9,12-13H2. The van der Waals surface area contributed by atoms with Crippen LogP contribution in [0.5, 0.6) is 0 Å². The molecule has 27 heavy (non-hydrogen) atoms. The lowest BCUT2D eigenvalue weighted by atomic mass is 9.88. The maximum atomic E-state index is 6.46. The van der Waals surface area contributed by atoms with E-state index >= 15 is 0 Å². The van der Waals surface area contributed by atoms with Gasteiger partial charge in [0.25, 0.3) is 0 Å². The first-order valence-corrected chi connectivity index (χ1v) is 10.4. The zero-order valence-corrected chi connectivity index (χ0v) is 16.2. The molecule has 1 saturated heterocycles. The number of aromatic nitrogens is 4. The molecule has 0 unspecified atom stereocenters. The Kier molecular flexibility index (Phi) is 4.48. The molecule has 2 aromatic heterocycles. The van der Waals surface area contributed by atoms with Crippen LogP contribution < -0.4 is 4.90 Å². The van der Waals surface area contributed by atoms with Crippen LogP contribution in [0.2, 0.25) is 5.02 Å². The smallest absolute Gasteiger partial charge is 0.168 e. The predicted molar refractivity (Wildman–Crippen MR) is 109 cm³/mol. The van der Waals surface area contributed by atoms with Crippen LogP contribution in [0, 0.1) is 0 Å². The summed E-state index contributed by atoms with van der Waals surface area (Å²) in [6.07, 6.45) is 10.6. The molecule has 3 aromatic rings. The molecule has 0 spiro atoms. The number of rotatable bonds is 3. The molecular weight excluding hydrogens is 358 g/mol. The Labute approximate surface area is 164 Å². The maximum Gasteiger partial charge on any atom is 0.168 e. The van der Waals surface area contributed by atoms with Crippen molar-refractivity contribution in [2.24, 2.45) is 0 Å². The highest BCUT2D eigenvalue weighted by Gasteiger charge is 2.25. The summed E-state index contributed by atoms with van der Waals surface area (Å²) < 4.78 is 1.88. The van der Waals surface area contributed by atoms with Gasteiger partial charge in [0.2, 0.25) is 0 Å². The van der Waals surface area contributed by atoms with Crippen LogP contribution in [0.1, 0.15) is 56.7 Å². The van der Waals surface area contributed by atoms with Crippen LogP contribution in [0.25, 0.3) is 16.7 Å². The van der Waals surface area contributed by atoms with E-state index in [1.807, 2.05) is 35.1 Å². The molecule has 5 rings (SSSR count). The second-order valence-corrected chi connectivity index (χ2v) is 8.09. The largest absolute Gasteiger partial charge is 0.356 e. The van der Waals surface area contributed by atoms with Gasteiger partial charge in [-0.1, -0.05) is 43.0 Å². The average Bonchev–Trinajstić information content (AvgIpc) is 3.38. The number of nitrogens with zero attached hydrogens (tertiary/aromatic N) is 5. The summed E-state index contributed by atoms with van der Waals surface area (Å²) in [5.41, 5.74) is 1.75. The van der Waals surface area contributed by atoms with Crippen LogP contribution >= 0.6 is 11.6 Å².